The van der Waals surface area contributed by atoms with Gasteiger partial charge in [-0.15, -0.1) is 0 Å². The summed E-state index contributed by atoms with van der Waals surface area (Å²) in [6.45, 7) is 6.73. The minimum Gasteiger partial charge on any atom is -0.340 e. The molecule has 246 valence electrons. The quantitative estimate of drug-likeness (QED) is 0.0938. The van der Waals surface area contributed by atoms with Crippen molar-refractivity contribution in [1.29, 1.82) is 0 Å². The van der Waals surface area contributed by atoms with Crippen molar-refractivity contribution in [3.05, 3.63) is 109 Å². The first kappa shape index (κ1) is 32.3. The van der Waals surface area contributed by atoms with Gasteiger partial charge < -0.3 is 9.13 Å². The maximum atomic E-state index is 2.64. The number of fused-ring (bicyclic) bond motifs is 6. The summed E-state index contributed by atoms with van der Waals surface area (Å²) < 4.78 is 5.27. The molecule has 0 saturated heterocycles. The second-order valence-corrected chi connectivity index (χ2v) is 13.9. The molecule has 2 heteroatoms. The Balaban J connectivity index is 1.38. The summed E-state index contributed by atoms with van der Waals surface area (Å²) >= 11 is 0. The van der Waals surface area contributed by atoms with E-state index in [0.29, 0.717) is 0 Å². The van der Waals surface area contributed by atoms with Gasteiger partial charge in [0, 0.05) is 56.7 Å². The van der Waals surface area contributed by atoms with Crippen LogP contribution in [0.15, 0.2) is 109 Å². The first-order chi connectivity index (χ1) is 23.8. The van der Waals surface area contributed by atoms with Crippen LogP contribution in [-0.2, 0) is 13.1 Å². The Hall–Kier alpha value is -4.30. The molecule has 0 fully saturated rings. The summed E-state index contributed by atoms with van der Waals surface area (Å²) in [6, 6.07) is 41.1. The normalized spacial score (nSPS) is 11.9. The number of nitrogens with zero attached hydrogens (tertiary/aromatic N) is 2. The predicted octanol–water partition coefficient (Wildman–Crippen LogP) is 14.0. The van der Waals surface area contributed by atoms with Crippen LogP contribution in [0.1, 0.15) is 90.9 Å². The molecule has 0 bridgehead atoms. The number of rotatable bonds is 16. The zero-order valence-corrected chi connectivity index (χ0v) is 29.2. The smallest absolute Gasteiger partial charge is 0.0499 e. The van der Waals surface area contributed by atoms with Crippen molar-refractivity contribution < 1.29 is 0 Å². The van der Waals surface area contributed by atoms with Gasteiger partial charge in [-0.05, 0) is 71.5 Å². The van der Waals surface area contributed by atoms with Gasteiger partial charge in [0.2, 0.25) is 0 Å². The SMILES string of the molecule is CCCCCCCCn1c2ccc(-c3ccccc3)cc2c2cc3c(cc21)c1cc(-c2ccccc2)ccc1n3CCCCCCCC. The minimum absolute atomic E-state index is 1.06. The Morgan fingerprint density at radius 1 is 0.333 bits per heavy atom. The molecule has 7 rings (SSSR count). The fourth-order valence-corrected chi connectivity index (χ4v) is 7.89. The average Bonchev–Trinajstić information content (AvgIpc) is 3.61. The zero-order valence-electron chi connectivity index (χ0n) is 29.2. The molecule has 0 amide bonds. The Morgan fingerprint density at radius 2 is 0.708 bits per heavy atom. The van der Waals surface area contributed by atoms with Crippen LogP contribution < -0.4 is 0 Å². The molecule has 0 aliphatic rings. The number of aryl methyl sites for hydroxylation is 2. The van der Waals surface area contributed by atoms with Crippen LogP contribution in [-0.4, -0.2) is 9.13 Å². The molecule has 2 aromatic heterocycles. The highest BCUT2D eigenvalue weighted by molar-refractivity contribution is 6.18. The van der Waals surface area contributed by atoms with E-state index in [4.69, 9.17) is 0 Å². The zero-order chi connectivity index (χ0) is 32.7. The monoisotopic (exact) mass is 632 g/mol. The summed E-state index contributed by atoms with van der Waals surface area (Å²) in [7, 11) is 0. The van der Waals surface area contributed by atoms with Gasteiger partial charge >= 0.3 is 0 Å². The summed E-state index contributed by atoms with van der Waals surface area (Å²) in [5.74, 6) is 0. The minimum atomic E-state index is 1.06. The van der Waals surface area contributed by atoms with E-state index in [1.807, 2.05) is 0 Å². The van der Waals surface area contributed by atoms with Gasteiger partial charge in [-0.2, -0.15) is 0 Å². The second kappa shape index (κ2) is 15.3. The van der Waals surface area contributed by atoms with Gasteiger partial charge in [-0.25, -0.2) is 0 Å². The first-order valence-electron chi connectivity index (χ1n) is 18.9. The van der Waals surface area contributed by atoms with Crippen molar-refractivity contribution in [2.24, 2.45) is 0 Å². The van der Waals surface area contributed by atoms with Crippen LogP contribution in [0.2, 0.25) is 0 Å². The fraction of sp³-hybridized carbons (Fsp3) is 0.348. The van der Waals surface area contributed by atoms with E-state index in [1.165, 1.54) is 143 Å². The van der Waals surface area contributed by atoms with Crippen molar-refractivity contribution in [3.63, 3.8) is 0 Å². The number of benzene rings is 5. The van der Waals surface area contributed by atoms with E-state index in [0.717, 1.165) is 13.1 Å². The molecule has 5 aromatic carbocycles. The van der Waals surface area contributed by atoms with Crippen LogP contribution in [0.4, 0.5) is 0 Å². The molecule has 2 nitrogen and oxygen atoms in total. The van der Waals surface area contributed by atoms with Gasteiger partial charge in [-0.1, -0.05) is 151 Å². The van der Waals surface area contributed by atoms with Crippen LogP contribution in [0.3, 0.4) is 0 Å². The third kappa shape index (κ3) is 6.68. The van der Waals surface area contributed by atoms with Gasteiger partial charge in [0.25, 0.3) is 0 Å². The van der Waals surface area contributed by atoms with E-state index < -0.39 is 0 Å². The molecule has 2 heterocycles. The van der Waals surface area contributed by atoms with Crippen molar-refractivity contribution in [3.8, 4) is 22.3 Å². The van der Waals surface area contributed by atoms with Gasteiger partial charge in [0.15, 0.2) is 0 Å². The van der Waals surface area contributed by atoms with Gasteiger partial charge in [0.1, 0.15) is 0 Å². The van der Waals surface area contributed by atoms with Gasteiger partial charge in [-0.3, -0.25) is 0 Å². The second-order valence-electron chi connectivity index (χ2n) is 13.9. The highest BCUT2D eigenvalue weighted by Crippen LogP contribution is 2.40. The number of hydrogen-bond acceptors (Lipinski definition) is 0. The number of aromatic nitrogens is 2. The highest BCUT2D eigenvalue weighted by atomic mass is 15.0. The lowest BCUT2D eigenvalue weighted by Gasteiger charge is -2.09. The van der Waals surface area contributed by atoms with Crippen LogP contribution in [0.25, 0.3) is 65.9 Å². The lowest BCUT2D eigenvalue weighted by molar-refractivity contribution is 0.570. The van der Waals surface area contributed by atoms with Crippen LogP contribution in [0.5, 0.6) is 0 Å². The van der Waals surface area contributed by atoms with Crippen molar-refractivity contribution in [2.75, 3.05) is 0 Å². The van der Waals surface area contributed by atoms with Crippen molar-refractivity contribution in [1.82, 2.24) is 9.13 Å². The Bertz CT molecular complexity index is 1940. The summed E-state index contributed by atoms with van der Waals surface area (Å²) in [5.41, 5.74) is 10.6. The summed E-state index contributed by atoms with van der Waals surface area (Å²) in [6.07, 6.45) is 15.7. The van der Waals surface area contributed by atoms with E-state index in [2.05, 4.69) is 132 Å². The molecule has 48 heavy (non-hydrogen) atoms. The molecule has 0 atom stereocenters. The maximum Gasteiger partial charge on any atom is 0.0499 e. The molecule has 0 unspecified atom stereocenters. The van der Waals surface area contributed by atoms with Gasteiger partial charge in [0.05, 0.1) is 0 Å². The average molecular weight is 633 g/mol. The maximum absolute atomic E-state index is 2.64. The number of hydrogen-bond donors (Lipinski definition) is 0. The molecule has 0 N–H and O–H groups in total. The number of unbranched alkanes of at least 4 members (excludes halogenated alkanes) is 10. The molecule has 7 aromatic rings. The van der Waals surface area contributed by atoms with E-state index in [-0.39, 0.29) is 0 Å². The molecule has 0 aliphatic carbocycles. The first-order valence-corrected chi connectivity index (χ1v) is 18.9. The molecule has 0 spiro atoms. The molecular formula is C46H52N2. The highest BCUT2D eigenvalue weighted by Gasteiger charge is 2.18. The lowest BCUT2D eigenvalue weighted by Crippen LogP contribution is -1.99. The largest absolute Gasteiger partial charge is 0.340 e. The van der Waals surface area contributed by atoms with Crippen molar-refractivity contribution in [2.45, 2.75) is 104 Å². The molecule has 0 saturated carbocycles. The Morgan fingerprint density at radius 3 is 1.12 bits per heavy atom. The third-order valence-corrected chi connectivity index (χ3v) is 10.5. The Kier molecular flexibility index (Phi) is 10.3. The summed E-state index contributed by atoms with van der Waals surface area (Å²) in [5, 5.41) is 5.52. The van der Waals surface area contributed by atoms with Crippen molar-refractivity contribution >= 4 is 43.6 Å². The molecule has 0 aliphatic heterocycles. The standard InChI is InChI=1S/C46H52N2/c1-3-5-7-9-11-19-29-47-43-27-25-37(35-21-15-13-16-22-35)31-39(43)41-34-46-42(33-45(41)47)40-32-38(36-23-17-14-18-24-36)26-28-44(40)48(46)30-20-12-10-8-6-4-2/h13-18,21-28,31-34H,3-12,19-20,29-30H2,1-2H3. The molecular weight excluding hydrogens is 581 g/mol. The lowest BCUT2D eigenvalue weighted by atomic mass is 10.0. The topological polar surface area (TPSA) is 9.86 Å². The van der Waals surface area contributed by atoms with E-state index >= 15 is 0 Å². The third-order valence-electron chi connectivity index (χ3n) is 10.5. The van der Waals surface area contributed by atoms with E-state index in [1.54, 1.807) is 0 Å². The van der Waals surface area contributed by atoms with Crippen LogP contribution >= 0.6 is 0 Å². The van der Waals surface area contributed by atoms with Crippen LogP contribution in [0, 0.1) is 0 Å². The fourth-order valence-electron chi connectivity index (χ4n) is 7.89. The summed E-state index contributed by atoms with van der Waals surface area (Å²) in [4.78, 5) is 0. The predicted molar refractivity (Wildman–Crippen MR) is 210 cm³/mol. The van der Waals surface area contributed by atoms with E-state index in [9.17, 15) is 0 Å². The molecule has 0 radical (unpaired) electrons. The Labute approximate surface area is 287 Å².